The molecule has 2 rings (SSSR count). The zero-order valence-electron chi connectivity index (χ0n) is 20.0. The molecule has 0 saturated heterocycles. The van der Waals surface area contributed by atoms with Gasteiger partial charge in [-0.2, -0.15) is 0 Å². The highest BCUT2D eigenvalue weighted by molar-refractivity contribution is 7.92. The number of benzene rings is 2. The second-order valence-corrected chi connectivity index (χ2v) is 10.0. The van der Waals surface area contributed by atoms with Crippen LogP contribution in [0.1, 0.15) is 45.1 Å². The third-order valence-electron chi connectivity index (χ3n) is 5.40. The first-order valence-electron chi connectivity index (χ1n) is 11.5. The zero-order chi connectivity index (χ0) is 25.1. The summed E-state index contributed by atoms with van der Waals surface area (Å²) in [5, 5.41) is 2.85. The van der Waals surface area contributed by atoms with Crippen molar-refractivity contribution in [1.29, 1.82) is 0 Å². The van der Waals surface area contributed by atoms with Gasteiger partial charge in [0.15, 0.2) is 0 Å². The van der Waals surface area contributed by atoms with Crippen LogP contribution >= 0.6 is 0 Å². The molecule has 2 aromatic rings. The maximum Gasteiger partial charge on any atom is 0.242 e. The summed E-state index contributed by atoms with van der Waals surface area (Å²) >= 11 is 0. The van der Waals surface area contributed by atoms with E-state index in [0.717, 1.165) is 12.7 Å². The number of anilines is 1. The molecule has 0 spiro atoms. The lowest BCUT2D eigenvalue weighted by atomic mass is 10.1. The molecule has 0 bridgehead atoms. The SMILES string of the molecule is CCCNC(=O)[C@H](CC)N(Cc1ccc(F)cc1)C(=O)CCCN(c1ccccc1)S(C)(=O)=O. The van der Waals surface area contributed by atoms with Gasteiger partial charge in [0, 0.05) is 26.1 Å². The van der Waals surface area contributed by atoms with Crippen LogP contribution in [-0.4, -0.2) is 50.5 Å². The summed E-state index contributed by atoms with van der Waals surface area (Å²) in [4.78, 5) is 27.5. The Labute approximate surface area is 202 Å². The van der Waals surface area contributed by atoms with Crippen molar-refractivity contribution < 1.29 is 22.4 Å². The number of para-hydroxylation sites is 1. The number of amides is 2. The number of rotatable bonds is 13. The maximum absolute atomic E-state index is 13.4. The quantitative estimate of drug-likeness (QED) is 0.463. The van der Waals surface area contributed by atoms with Crippen molar-refractivity contribution in [2.75, 3.05) is 23.7 Å². The first kappa shape index (κ1) is 27.3. The average Bonchev–Trinajstić information content (AvgIpc) is 2.81. The third kappa shape index (κ3) is 8.13. The second kappa shape index (κ2) is 13.1. The normalized spacial score (nSPS) is 12.1. The molecule has 2 amide bonds. The van der Waals surface area contributed by atoms with Gasteiger partial charge in [0.25, 0.3) is 0 Å². The smallest absolute Gasteiger partial charge is 0.242 e. The van der Waals surface area contributed by atoms with Crippen molar-refractivity contribution in [1.82, 2.24) is 10.2 Å². The van der Waals surface area contributed by atoms with Gasteiger partial charge < -0.3 is 10.2 Å². The van der Waals surface area contributed by atoms with Gasteiger partial charge in [-0.1, -0.05) is 44.2 Å². The van der Waals surface area contributed by atoms with Gasteiger partial charge in [-0.15, -0.1) is 0 Å². The summed E-state index contributed by atoms with van der Waals surface area (Å²) in [5.41, 5.74) is 1.24. The topological polar surface area (TPSA) is 86.8 Å². The molecule has 0 saturated carbocycles. The van der Waals surface area contributed by atoms with Crippen LogP contribution in [0.5, 0.6) is 0 Å². The van der Waals surface area contributed by atoms with E-state index in [0.29, 0.717) is 24.2 Å². The summed E-state index contributed by atoms with van der Waals surface area (Å²) in [7, 11) is -3.52. The molecule has 0 heterocycles. The Balaban J connectivity index is 2.17. The molecule has 1 atom stereocenters. The molecule has 0 aliphatic heterocycles. The van der Waals surface area contributed by atoms with Crippen molar-refractivity contribution in [3.05, 3.63) is 66.0 Å². The number of hydrogen-bond acceptors (Lipinski definition) is 4. The van der Waals surface area contributed by atoms with Crippen molar-refractivity contribution >= 4 is 27.5 Å². The lowest BCUT2D eigenvalue weighted by Gasteiger charge is -2.31. The van der Waals surface area contributed by atoms with Crippen LogP contribution in [0.4, 0.5) is 10.1 Å². The molecule has 0 aliphatic rings. The molecule has 34 heavy (non-hydrogen) atoms. The number of carbonyl (C=O) groups excluding carboxylic acids is 2. The molecule has 0 fully saturated rings. The number of hydrogen-bond donors (Lipinski definition) is 1. The van der Waals surface area contributed by atoms with Gasteiger partial charge in [-0.25, -0.2) is 12.8 Å². The van der Waals surface area contributed by atoms with Crippen LogP contribution in [0.2, 0.25) is 0 Å². The Hall–Kier alpha value is -2.94. The molecule has 7 nitrogen and oxygen atoms in total. The standard InChI is InChI=1S/C25H34FN3O4S/c1-4-17-27-25(31)23(5-2)28(19-20-13-15-21(26)16-14-20)24(30)12-9-18-29(34(3,32)33)22-10-7-6-8-11-22/h6-8,10-11,13-16,23H,4-5,9,12,17-19H2,1-3H3,(H,27,31)/t23-/m0/s1. The molecular weight excluding hydrogens is 457 g/mol. The largest absolute Gasteiger partial charge is 0.354 e. The summed E-state index contributed by atoms with van der Waals surface area (Å²) in [6, 6.07) is 13.9. The lowest BCUT2D eigenvalue weighted by Crippen LogP contribution is -2.49. The lowest BCUT2D eigenvalue weighted by molar-refractivity contribution is -0.141. The fourth-order valence-corrected chi connectivity index (χ4v) is 4.64. The van der Waals surface area contributed by atoms with E-state index >= 15 is 0 Å². The minimum atomic E-state index is -3.52. The van der Waals surface area contributed by atoms with Crippen LogP contribution in [-0.2, 0) is 26.2 Å². The average molecular weight is 492 g/mol. The van der Waals surface area contributed by atoms with Crippen molar-refractivity contribution in [2.24, 2.45) is 0 Å². The minimum absolute atomic E-state index is 0.0671. The molecular formula is C25H34FN3O4S. The van der Waals surface area contributed by atoms with E-state index in [9.17, 15) is 22.4 Å². The van der Waals surface area contributed by atoms with Gasteiger partial charge in [0.2, 0.25) is 21.8 Å². The van der Waals surface area contributed by atoms with Crippen molar-refractivity contribution in [3.8, 4) is 0 Å². The van der Waals surface area contributed by atoms with E-state index < -0.39 is 16.1 Å². The molecule has 186 valence electrons. The first-order valence-corrected chi connectivity index (χ1v) is 13.4. The van der Waals surface area contributed by atoms with E-state index in [-0.39, 0.29) is 43.6 Å². The third-order valence-corrected chi connectivity index (χ3v) is 6.59. The number of nitrogens with zero attached hydrogens (tertiary/aromatic N) is 2. The number of carbonyl (C=O) groups is 2. The van der Waals surface area contributed by atoms with E-state index in [1.807, 2.05) is 13.8 Å². The second-order valence-electron chi connectivity index (χ2n) is 8.14. The molecule has 0 unspecified atom stereocenters. The number of sulfonamides is 1. The van der Waals surface area contributed by atoms with Crippen LogP contribution in [0.15, 0.2) is 54.6 Å². The fraction of sp³-hybridized carbons (Fsp3) is 0.440. The fourth-order valence-electron chi connectivity index (χ4n) is 3.67. The summed E-state index contributed by atoms with van der Waals surface area (Å²) in [6.45, 7) is 4.59. The highest BCUT2D eigenvalue weighted by Gasteiger charge is 2.28. The molecule has 0 aromatic heterocycles. The summed E-state index contributed by atoms with van der Waals surface area (Å²) in [6.07, 6.45) is 2.68. The molecule has 0 aliphatic carbocycles. The Bertz CT molecular complexity index is 1030. The molecule has 2 aromatic carbocycles. The Morgan fingerprint density at radius 2 is 1.68 bits per heavy atom. The maximum atomic E-state index is 13.4. The summed E-state index contributed by atoms with van der Waals surface area (Å²) < 4.78 is 39.2. The Morgan fingerprint density at radius 3 is 2.24 bits per heavy atom. The Kier molecular flexibility index (Phi) is 10.5. The van der Waals surface area contributed by atoms with E-state index in [1.54, 1.807) is 42.5 Å². The minimum Gasteiger partial charge on any atom is -0.354 e. The zero-order valence-corrected chi connectivity index (χ0v) is 20.9. The van der Waals surface area contributed by atoms with Crippen LogP contribution in [0.25, 0.3) is 0 Å². The number of halogens is 1. The molecule has 0 radical (unpaired) electrons. The van der Waals surface area contributed by atoms with Crippen molar-refractivity contribution in [3.63, 3.8) is 0 Å². The predicted molar refractivity (Wildman–Crippen MR) is 132 cm³/mol. The van der Waals surface area contributed by atoms with E-state index in [1.165, 1.54) is 21.3 Å². The molecule has 9 heteroatoms. The highest BCUT2D eigenvalue weighted by atomic mass is 32.2. The van der Waals surface area contributed by atoms with E-state index in [4.69, 9.17) is 0 Å². The van der Waals surface area contributed by atoms with Gasteiger partial charge >= 0.3 is 0 Å². The summed E-state index contributed by atoms with van der Waals surface area (Å²) in [5.74, 6) is -0.873. The van der Waals surface area contributed by atoms with Crippen LogP contribution in [0.3, 0.4) is 0 Å². The monoisotopic (exact) mass is 491 g/mol. The van der Waals surface area contributed by atoms with Crippen molar-refractivity contribution in [2.45, 2.75) is 52.1 Å². The molecule has 1 N–H and O–H groups in total. The van der Waals surface area contributed by atoms with Gasteiger partial charge in [0.05, 0.1) is 11.9 Å². The van der Waals surface area contributed by atoms with Crippen LogP contribution < -0.4 is 9.62 Å². The first-order chi connectivity index (χ1) is 16.2. The Morgan fingerprint density at radius 1 is 1.03 bits per heavy atom. The van der Waals surface area contributed by atoms with Gasteiger partial charge in [0.1, 0.15) is 11.9 Å². The highest BCUT2D eigenvalue weighted by Crippen LogP contribution is 2.19. The number of nitrogens with one attached hydrogen (secondary N) is 1. The van der Waals surface area contributed by atoms with Gasteiger partial charge in [-0.05, 0) is 49.1 Å². The van der Waals surface area contributed by atoms with E-state index in [2.05, 4.69) is 5.32 Å². The predicted octanol–water partition coefficient (Wildman–Crippen LogP) is 3.71. The van der Waals surface area contributed by atoms with Crippen LogP contribution in [0, 0.1) is 5.82 Å². The van der Waals surface area contributed by atoms with Gasteiger partial charge in [-0.3, -0.25) is 13.9 Å².